The third-order valence-electron chi connectivity index (χ3n) is 1.99. The summed E-state index contributed by atoms with van der Waals surface area (Å²) in [4.78, 5) is 4.31. The molecule has 0 saturated carbocycles. The quantitative estimate of drug-likeness (QED) is 0.776. The van der Waals surface area contributed by atoms with Crippen LogP contribution in [0.15, 0.2) is 17.3 Å². The zero-order chi connectivity index (χ0) is 10.6. The maximum absolute atomic E-state index is 5.63. The summed E-state index contributed by atoms with van der Waals surface area (Å²) < 4.78 is 0. The van der Waals surface area contributed by atoms with E-state index >= 15 is 0 Å². The van der Waals surface area contributed by atoms with Crippen molar-refractivity contribution >= 4 is 17.4 Å². The van der Waals surface area contributed by atoms with Gasteiger partial charge in [-0.05, 0) is 36.6 Å². The summed E-state index contributed by atoms with van der Waals surface area (Å²) in [6, 6.07) is 1.98. The second-order valence-electron chi connectivity index (χ2n) is 3.92. The summed E-state index contributed by atoms with van der Waals surface area (Å²) in [6.07, 6.45) is 2.96. The number of aromatic nitrogens is 1. The molecule has 0 saturated heterocycles. The first-order valence-corrected chi connectivity index (χ1v) is 5.93. The third-order valence-corrected chi connectivity index (χ3v) is 3.13. The van der Waals surface area contributed by atoms with E-state index in [0.29, 0.717) is 0 Å². The fourth-order valence-corrected chi connectivity index (χ4v) is 2.32. The second kappa shape index (κ2) is 5.25. The molecule has 14 heavy (non-hydrogen) atoms. The fraction of sp³-hybridized carbons (Fsp3) is 0.545. The van der Waals surface area contributed by atoms with Gasteiger partial charge in [0, 0.05) is 0 Å². The van der Waals surface area contributed by atoms with Gasteiger partial charge in [-0.1, -0.05) is 13.8 Å². The lowest BCUT2D eigenvalue weighted by Crippen LogP contribution is -1.94. The first-order chi connectivity index (χ1) is 6.59. The molecule has 0 aromatic carbocycles. The summed E-state index contributed by atoms with van der Waals surface area (Å²) >= 11 is 1.82. The van der Waals surface area contributed by atoms with Crippen molar-refractivity contribution in [3.8, 4) is 0 Å². The van der Waals surface area contributed by atoms with Gasteiger partial charge in [-0.25, -0.2) is 4.98 Å². The zero-order valence-corrected chi connectivity index (χ0v) is 9.90. The molecule has 2 N–H and O–H groups in total. The Morgan fingerprint density at radius 2 is 2.21 bits per heavy atom. The van der Waals surface area contributed by atoms with Gasteiger partial charge in [0.05, 0.1) is 16.9 Å². The van der Waals surface area contributed by atoms with Crippen LogP contribution in [-0.4, -0.2) is 10.7 Å². The van der Waals surface area contributed by atoms with Crippen molar-refractivity contribution in [2.75, 3.05) is 11.5 Å². The molecule has 0 aliphatic rings. The van der Waals surface area contributed by atoms with E-state index in [1.54, 1.807) is 6.20 Å². The van der Waals surface area contributed by atoms with Crippen LogP contribution in [0.1, 0.15) is 25.8 Å². The highest BCUT2D eigenvalue weighted by Gasteiger charge is 2.02. The van der Waals surface area contributed by atoms with E-state index in [9.17, 15) is 0 Å². The fourth-order valence-electron chi connectivity index (χ4n) is 1.13. The largest absolute Gasteiger partial charge is 0.397 e. The van der Waals surface area contributed by atoms with Gasteiger partial charge in [0.15, 0.2) is 0 Å². The van der Waals surface area contributed by atoms with Gasteiger partial charge in [-0.2, -0.15) is 0 Å². The Morgan fingerprint density at radius 1 is 1.50 bits per heavy atom. The van der Waals surface area contributed by atoms with Crippen LogP contribution in [0.4, 0.5) is 5.69 Å². The predicted octanol–water partition coefficient (Wildman–Crippen LogP) is 3.11. The second-order valence-corrected chi connectivity index (χ2v) is 5.01. The number of nitrogens with two attached hydrogens (primary N) is 1. The first kappa shape index (κ1) is 11.4. The number of rotatable bonds is 4. The smallest absolute Gasteiger partial charge is 0.0990 e. The summed E-state index contributed by atoms with van der Waals surface area (Å²) in [6.45, 7) is 6.54. The molecule has 1 aromatic rings. The van der Waals surface area contributed by atoms with Crippen molar-refractivity contribution in [3.63, 3.8) is 0 Å². The van der Waals surface area contributed by atoms with Gasteiger partial charge in [-0.3, -0.25) is 0 Å². The maximum Gasteiger partial charge on any atom is 0.0990 e. The molecule has 1 rings (SSSR count). The van der Waals surface area contributed by atoms with Crippen LogP contribution in [0.5, 0.6) is 0 Å². The molecule has 0 unspecified atom stereocenters. The van der Waals surface area contributed by atoms with Gasteiger partial charge >= 0.3 is 0 Å². The van der Waals surface area contributed by atoms with E-state index < -0.39 is 0 Å². The minimum absolute atomic E-state index is 0.746. The zero-order valence-electron chi connectivity index (χ0n) is 9.08. The molecular weight excluding hydrogens is 192 g/mol. The highest BCUT2D eigenvalue weighted by molar-refractivity contribution is 7.99. The first-order valence-electron chi connectivity index (χ1n) is 4.94. The number of thioether (sulfide) groups is 1. The number of pyridine rings is 1. The molecule has 0 spiro atoms. The monoisotopic (exact) mass is 210 g/mol. The maximum atomic E-state index is 5.63. The standard InChI is InChI=1S/C11H18N2S/c1-8(2)4-5-14-11-9(3)6-10(12)7-13-11/h6-8H,4-5,12H2,1-3H3. The lowest BCUT2D eigenvalue weighted by molar-refractivity contribution is 0.632. The number of anilines is 1. The summed E-state index contributed by atoms with van der Waals surface area (Å²) in [5.74, 6) is 1.90. The summed E-state index contributed by atoms with van der Waals surface area (Å²) in [7, 11) is 0. The van der Waals surface area contributed by atoms with E-state index in [0.717, 1.165) is 22.4 Å². The van der Waals surface area contributed by atoms with Crippen molar-refractivity contribution in [3.05, 3.63) is 17.8 Å². The van der Waals surface area contributed by atoms with Crippen LogP contribution < -0.4 is 5.73 Å². The molecule has 3 heteroatoms. The minimum Gasteiger partial charge on any atom is -0.397 e. The van der Waals surface area contributed by atoms with Gasteiger partial charge < -0.3 is 5.73 Å². The van der Waals surface area contributed by atoms with E-state index in [1.165, 1.54) is 12.0 Å². The van der Waals surface area contributed by atoms with E-state index in [-0.39, 0.29) is 0 Å². The number of hydrogen-bond donors (Lipinski definition) is 1. The molecule has 1 heterocycles. The lowest BCUT2D eigenvalue weighted by atomic mass is 10.2. The molecule has 0 aliphatic heterocycles. The van der Waals surface area contributed by atoms with Gasteiger partial charge in [0.25, 0.3) is 0 Å². The van der Waals surface area contributed by atoms with Crippen molar-refractivity contribution in [1.82, 2.24) is 4.98 Å². The topological polar surface area (TPSA) is 38.9 Å². The predicted molar refractivity (Wildman–Crippen MR) is 63.6 cm³/mol. The molecule has 0 radical (unpaired) electrons. The molecule has 0 atom stereocenters. The molecule has 0 amide bonds. The lowest BCUT2D eigenvalue weighted by Gasteiger charge is -2.06. The van der Waals surface area contributed by atoms with Gasteiger partial charge in [-0.15, -0.1) is 11.8 Å². The van der Waals surface area contributed by atoms with Gasteiger partial charge in [0.2, 0.25) is 0 Å². The SMILES string of the molecule is Cc1cc(N)cnc1SCCC(C)C. The van der Waals surface area contributed by atoms with E-state index in [1.807, 2.05) is 17.8 Å². The highest BCUT2D eigenvalue weighted by atomic mass is 32.2. The Balaban J connectivity index is 2.51. The number of hydrogen-bond acceptors (Lipinski definition) is 3. The Hall–Kier alpha value is -0.700. The molecule has 2 nitrogen and oxygen atoms in total. The third kappa shape index (κ3) is 3.58. The average Bonchev–Trinajstić information content (AvgIpc) is 2.08. The molecule has 78 valence electrons. The number of aryl methyl sites for hydroxylation is 1. The van der Waals surface area contributed by atoms with Crippen LogP contribution in [-0.2, 0) is 0 Å². The molecule has 0 fully saturated rings. The van der Waals surface area contributed by atoms with Crippen LogP contribution in [0.25, 0.3) is 0 Å². The van der Waals surface area contributed by atoms with Crippen molar-refractivity contribution in [1.29, 1.82) is 0 Å². The van der Waals surface area contributed by atoms with Crippen LogP contribution in [0, 0.1) is 12.8 Å². The van der Waals surface area contributed by atoms with Crippen molar-refractivity contribution in [2.45, 2.75) is 32.2 Å². The van der Waals surface area contributed by atoms with Crippen LogP contribution in [0.2, 0.25) is 0 Å². The number of nitrogens with zero attached hydrogens (tertiary/aromatic N) is 1. The Kier molecular flexibility index (Phi) is 4.26. The van der Waals surface area contributed by atoms with Crippen molar-refractivity contribution < 1.29 is 0 Å². The Bertz CT molecular complexity index is 297. The Morgan fingerprint density at radius 3 is 2.79 bits per heavy atom. The van der Waals surface area contributed by atoms with Gasteiger partial charge in [0.1, 0.15) is 0 Å². The average molecular weight is 210 g/mol. The highest BCUT2D eigenvalue weighted by Crippen LogP contribution is 2.22. The van der Waals surface area contributed by atoms with Crippen molar-refractivity contribution in [2.24, 2.45) is 5.92 Å². The number of nitrogen functional groups attached to an aromatic ring is 1. The van der Waals surface area contributed by atoms with Crippen LogP contribution >= 0.6 is 11.8 Å². The van der Waals surface area contributed by atoms with Crippen LogP contribution in [0.3, 0.4) is 0 Å². The summed E-state index contributed by atoms with van der Waals surface area (Å²) in [5, 5.41) is 1.11. The van der Waals surface area contributed by atoms with E-state index in [4.69, 9.17) is 5.73 Å². The molecular formula is C11H18N2S. The summed E-state index contributed by atoms with van der Waals surface area (Å²) in [5.41, 5.74) is 7.56. The molecule has 1 aromatic heterocycles. The van der Waals surface area contributed by atoms with E-state index in [2.05, 4.69) is 25.8 Å². The Labute approximate surface area is 90.3 Å². The molecule has 0 aliphatic carbocycles. The minimum atomic E-state index is 0.746. The normalized spacial score (nSPS) is 10.9. The molecule has 0 bridgehead atoms.